The number of hydrogen-bond acceptors (Lipinski definition) is 4. The second-order valence-corrected chi connectivity index (χ2v) is 5.13. The number of halogens is 2. The van der Waals surface area contributed by atoms with Crippen LogP contribution in [0.5, 0.6) is 0 Å². The summed E-state index contributed by atoms with van der Waals surface area (Å²) in [6, 6.07) is 4.36. The quantitative estimate of drug-likeness (QED) is 0.901. The minimum Gasteiger partial charge on any atom is -0.383 e. The number of rotatable bonds is 4. The van der Waals surface area contributed by atoms with E-state index >= 15 is 0 Å². The molecule has 2 rings (SSSR count). The Bertz CT molecular complexity index is 705. The average molecular weight is 307 g/mol. The van der Waals surface area contributed by atoms with E-state index in [1.54, 1.807) is 6.92 Å². The van der Waals surface area contributed by atoms with Crippen molar-refractivity contribution in [1.29, 1.82) is 0 Å². The molecular weight excluding hydrogens is 292 g/mol. The van der Waals surface area contributed by atoms with Gasteiger partial charge in [-0.1, -0.05) is 6.07 Å². The summed E-state index contributed by atoms with van der Waals surface area (Å²) >= 11 is 0. The van der Waals surface area contributed by atoms with Crippen molar-refractivity contribution in [3.05, 3.63) is 59.2 Å². The zero-order valence-electron chi connectivity index (χ0n) is 12.1. The van der Waals surface area contributed by atoms with Crippen LogP contribution in [-0.2, 0) is 5.60 Å². The van der Waals surface area contributed by atoms with Crippen molar-refractivity contribution < 1.29 is 18.7 Å². The molecule has 7 heteroatoms. The molecule has 0 radical (unpaired) electrons. The van der Waals surface area contributed by atoms with Gasteiger partial charge in [0.2, 0.25) is 0 Å². The van der Waals surface area contributed by atoms with Crippen LogP contribution in [0.2, 0.25) is 0 Å². The third-order valence-corrected chi connectivity index (χ3v) is 3.14. The van der Waals surface area contributed by atoms with E-state index in [-0.39, 0.29) is 17.8 Å². The number of aromatic nitrogens is 2. The van der Waals surface area contributed by atoms with Crippen molar-refractivity contribution in [2.45, 2.75) is 19.4 Å². The summed E-state index contributed by atoms with van der Waals surface area (Å²) in [5, 5.41) is 12.8. The van der Waals surface area contributed by atoms with Gasteiger partial charge in [0.15, 0.2) is 0 Å². The predicted molar refractivity (Wildman–Crippen MR) is 75.0 cm³/mol. The van der Waals surface area contributed by atoms with Gasteiger partial charge in [-0.3, -0.25) is 4.79 Å². The van der Waals surface area contributed by atoms with Gasteiger partial charge in [-0.25, -0.2) is 18.7 Å². The Hall–Kier alpha value is -2.41. The molecule has 0 bridgehead atoms. The lowest BCUT2D eigenvalue weighted by Crippen LogP contribution is -2.39. The minimum atomic E-state index is -1.69. The van der Waals surface area contributed by atoms with E-state index < -0.39 is 23.1 Å². The van der Waals surface area contributed by atoms with Gasteiger partial charge in [0.1, 0.15) is 29.3 Å². The SMILES string of the molecule is Cc1cc(C(=O)NCC(C)(O)c2ccc(F)cc2F)ncn1. The van der Waals surface area contributed by atoms with Crippen molar-refractivity contribution in [1.82, 2.24) is 15.3 Å². The van der Waals surface area contributed by atoms with Crippen molar-refractivity contribution in [3.8, 4) is 0 Å². The highest BCUT2D eigenvalue weighted by atomic mass is 19.1. The first kappa shape index (κ1) is 16.0. The van der Waals surface area contributed by atoms with E-state index in [0.717, 1.165) is 12.1 Å². The fourth-order valence-electron chi connectivity index (χ4n) is 1.94. The van der Waals surface area contributed by atoms with Gasteiger partial charge >= 0.3 is 0 Å². The van der Waals surface area contributed by atoms with Crippen molar-refractivity contribution >= 4 is 5.91 Å². The fraction of sp³-hybridized carbons (Fsp3) is 0.267. The lowest BCUT2D eigenvalue weighted by Gasteiger charge is -2.24. The molecule has 0 spiro atoms. The molecule has 5 nitrogen and oxygen atoms in total. The molecule has 116 valence electrons. The maximum Gasteiger partial charge on any atom is 0.270 e. The van der Waals surface area contributed by atoms with Gasteiger partial charge in [0.25, 0.3) is 5.91 Å². The Morgan fingerprint density at radius 3 is 2.68 bits per heavy atom. The smallest absolute Gasteiger partial charge is 0.270 e. The predicted octanol–water partition coefficient (Wildman–Crippen LogP) is 1.70. The minimum absolute atomic E-state index is 0.104. The van der Waals surface area contributed by atoms with Crippen LogP contribution in [0.4, 0.5) is 8.78 Å². The third kappa shape index (κ3) is 3.62. The summed E-state index contributed by atoms with van der Waals surface area (Å²) in [4.78, 5) is 19.6. The standard InChI is InChI=1S/C15H15F2N3O2/c1-9-5-13(20-8-19-9)14(21)18-7-15(2,22)11-4-3-10(16)6-12(11)17/h3-6,8,22H,7H2,1-2H3,(H,18,21). The van der Waals surface area contributed by atoms with E-state index in [2.05, 4.69) is 15.3 Å². The van der Waals surface area contributed by atoms with Crippen LogP contribution in [0.25, 0.3) is 0 Å². The van der Waals surface area contributed by atoms with Gasteiger partial charge in [0.05, 0.1) is 6.54 Å². The second kappa shape index (κ2) is 6.15. The number of carbonyl (C=O) groups is 1. The number of benzene rings is 1. The Morgan fingerprint density at radius 1 is 1.32 bits per heavy atom. The lowest BCUT2D eigenvalue weighted by molar-refractivity contribution is 0.0493. The molecule has 1 atom stereocenters. The summed E-state index contributed by atoms with van der Waals surface area (Å²) in [5.74, 6) is -2.14. The molecule has 0 aliphatic rings. The molecule has 1 aromatic heterocycles. The largest absolute Gasteiger partial charge is 0.383 e. The second-order valence-electron chi connectivity index (χ2n) is 5.13. The Morgan fingerprint density at radius 2 is 2.05 bits per heavy atom. The number of carbonyl (C=O) groups excluding carboxylic acids is 1. The molecule has 1 heterocycles. The first-order valence-electron chi connectivity index (χ1n) is 6.54. The summed E-state index contributed by atoms with van der Waals surface area (Å²) in [7, 11) is 0. The van der Waals surface area contributed by atoms with Crippen LogP contribution in [0.3, 0.4) is 0 Å². The lowest BCUT2D eigenvalue weighted by atomic mass is 9.95. The van der Waals surface area contributed by atoms with E-state index in [0.29, 0.717) is 11.8 Å². The molecular formula is C15H15F2N3O2. The fourth-order valence-corrected chi connectivity index (χ4v) is 1.94. The molecule has 0 aliphatic carbocycles. The zero-order valence-corrected chi connectivity index (χ0v) is 12.1. The molecule has 0 aliphatic heterocycles. The number of aryl methyl sites for hydroxylation is 1. The van der Waals surface area contributed by atoms with Crippen molar-refractivity contribution in [2.75, 3.05) is 6.54 Å². The van der Waals surface area contributed by atoms with Gasteiger partial charge in [-0.05, 0) is 26.0 Å². The van der Waals surface area contributed by atoms with Crippen LogP contribution in [0, 0.1) is 18.6 Å². The molecule has 1 unspecified atom stereocenters. The topological polar surface area (TPSA) is 75.1 Å². The molecule has 2 aromatic rings. The van der Waals surface area contributed by atoms with Crippen LogP contribution < -0.4 is 5.32 Å². The maximum atomic E-state index is 13.7. The summed E-state index contributed by atoms with van der Waals surface area (Å²) < 4.78 is 26.6. The number of amides is 1. The van der Waals surface area contributed by atoms with Gasteiger partial charge < -0.3 is 10.4 Å². The number of hydrogen-bond donors (Lipinski definition) is 2. The van der Waals surface area contributed by atoms with Crippen LogP contribution in [0.15, 0.2) is 30.6 Å². The van der Waals surface area contributed by atoms with Crippen LogP contribution >= 0.6 is 0 Å². The van der Waals surface area contributed by atoms with E-state index in [1.807, 2.05) is 0 Å². The first-order chi connectivity index (χ1) is 10.3. The highest BCUT2D eigenvalue weighted by Crippen LogP contribution is 2.23. The molecule has 0 saturated carbocycles. The Balaban J connectivity index is 2.10. The van der Waals surface area contributed by atoms with Gasteiger partial charge in [-0.15, -0.1) is 0 Å². The monoisotopic (exact) mass is 307 g/mol. The highest BCUT2D eigenvalue weighted by molar-refractivity contribution is 5.92. The summed E-state index contributed by atoms with van der Waals surface area (Å²) in [6.07, 6.45) is 1.25. The molecule has 1 aromatic carbocycles. The van der Waals surface area contributed by atoms with Crippen LogP contribution in [-0.4, -0.2) is 27.5 Å². The van der Waals surface area contributed by atoms with E-state index in [1.165, 1.54) is 19.3 Å². The Kier molecular flexibility index (Phi) is 4.46. The average Bonchev–Trinajstić information content (AvgIpc) is 2.44. The number of aliphatic hydroxyl groups is 1. The first-order valence-corrected chi connectivity index (χ1v) is 6.54. The molecule has 22 heavy (non-hydrogen) atoms. The zero-order chi connectivity index (χ0) is 16.3. The highest BCUT2D eigenvalue weighted by Gasteiger charge is 2.27. The Labute approximate surface area is 126 Å². The summed E-state index contributed by atoms with van der Waals surface area (Å²) in [6.45, 7) is 2.79. The third-order valence-electron chi connectivity index (χ3n) is 3.14. The molecule has 1 amide bonds. The van der Waals surface area contributed by atoms with Gasteiger partial charge in [-0.2, -0.15) is 0 Å². The molecule has 0 fully saturated rings. The maximum absolute atomic E-state index is 13.7. The molecule has 2 N–H and O–H groups in total. The van der Waals surface area contributed by atoms with Crippen molar-refractivity contribution in [2.24, 2.45) is 0 Å². The van der Waals surface area contributed by atoms with Crippen molar-refractivity contribution in [3.63, 3.8) is 0 Å². The van der Waals surface area contributed by atoms with Crippen LogP contribution in [0.1, 0.15) is 28.7 Å². The molecule has 0 saturated heterocycles. The van der Waals surface area contributed by atoms with Gasteiger partial charge in [0, 0.05) is 17.3 Å². The number of nitrogens with zero attached hydrogens (tertiary/aromatic N) is 2. The van der Waals surface area contributed by atoms with E-state index in [4.69, 9.17) is 0 Å². The van der Waals surface area contributed by atoms with E-state index in [9.17, 15) is 18.7 Å². The number of nitrogens with one attached hydrogen (secondary N) is 1. The summed E-state index contributed by atoms with van der Waals surface area (Å²) in [5.41, 5.74) is -1.03. The normalized spacial score (nSPS) is 13.5.